The van der Waals surface area contributed by atoms with Gasteiger partial charge in [0.2, 0.25) is 0 Å². The predicted molar refractivity (Wildman–Crippen MR) is 86.8 cm³/mol. The van der Waals surface area contributed by atoms with Crippen LogP contribution in [-0.4, -0.2) is 33.3 Å². The zero-order valence-corrected chi connectivity index (χ0v) is 13.0. The summed E-state index contributed by atoms with van der Waals surface area (Å²) in [7, 11) is 0. The molecule has 1 aromatic rings. The predicted octanol–water partition coefficient (Wildman–Crippen LogP) is 2.94. The highest BCUT2D eigenvalue weighted by Crippen LogP contribution is 2.19. The maximum absolute atomic E-state index is 5.47. The first-order valence-electron chi connectivity index (χ1n) is 7.24. The van der Waals surface area contributed by atoms with Crippen LogP contribution in [0.15, 0.2) is 29.5 Å². The lowest BCUT2D eigenvalue weighted by molar-refractivity contribution is 0.233. The van der Waals surface area contributed by atoms with Gasteiger partial charge in [0, 0.05) is 18.8 Å². The van der Waals surface area contributed by atoms with Crippen molar-refractivity contribution in [3.63, 3.8) is 0 Å². The van der Waals surface area contributed by atoms with E-state index in [-0.39, 0.29) is 0 Å². The van der Waals surface area contributed by atoms with Crippen LogP contribution < -0.4 is 5.43 Å². The molecule has 1 saturated heterocycles. The highest BCUT2D eigenvalue weighted by atomic mass is 32.1. The zero-order chi connectivity index (χ0) is 14.4. The molecule has 0 unspecified atom stereocenters. The minimum absolute atomic E-state index is 0.550. The van der Waals surface area contributed by atoms with Crippen molar-refractivity contribution in [1.29, 1.82) is 0 Å². The highest BCUT2D eigenvalue weighted by molar-refractivity contribution is 7.80. The van der Waals surface area contributed by atoms with Gasteiger partial charge < -0.3 is 4.90 Å². The van der Waals surface area contributed by atoms with E-state index in [2.05, 4.69) is 27.3 Å². The quantitative estimate of drug-likeness (QED) is 0.528. The molecular formula is C15H22N4S. The first-order valence-corrected chi connectivity index (χ1v) is 7.65. The molecule has 20 heavy (non-hydrogen) atoms. The topological polar surface area (TPSA) is 40.5 Å². The molecule has 1 aromatic heterocycles. The van der Waals surface area contributed by atoms with Gasteiger partial charge in [0.15, 0.2) is 5.11 Å². The van der Waals surface area contributed by atoms with Crippen molar-refractivity contribution in [2.24, 2.45) is 5.10 Å². The Morgan fingerprint density at radius 2 is 2.35 bits per heavy atom. The minimum atomic E-state index is 0.550. The molecule has 5 heteroatoms. The molecule has 1 N–H and O–H groups in total. The maximum Gasteiger partial charge on any atom is 0.189 e. The molecule has 1 aliphatic heterocycles. The lowest BCUT2D eigenvalue weighted by atomic mass is 10.0. The molecule has 0 aromatic carbocycles. The van der Waals surface area contributed by atoms with Crippen LogP contribution in [0.3, 0.4) is 0 Å². The first-order chi connectivity index (χ1) is 9.72. The Morgan fingerprint density at radius 1 is 1.50 bits per heavy atom. The van der Waals surface area contributed by atoms with E-state index in [1.54, 1.807) is 6.20 Å². The summed E-state index contributed by atoms with van der Waals surface area (Å²) in [5.41, 5.74) is 4.73. The molecule has 0 radical (unpaired) electrons. The molecule has 0 spiro atoms. The Bertz CT molecular complexity index is 472. The summed E-state index contributed by atoms with van der Waals surface area (Å²) in [4.78, 5) is 6.54. The summed E-state index contributed by atoms with van der Waals surface area (Å²) in [5, 5.41) is 5.09. The number of thiocarbonyl (C=S) groups is 1. The number of likely N-dealkylation sites (tertiary alicyclic amines) is 1. The van der Waals surface area contributed by atoms with Crippen molar-refractivity contribution in [2.45, 2.75) is 45.6 Å². The third kappa shape index (κ3) is 3.76. The molecule has 0 saturated carbocycles. The fourth-order valence-corrected chi connectivity index (χ4v) is 2.81. The van der Waals surface area contributed by atoms with Gasteiger partial charge in [-0.3, -0.25) is 10.4 Å². The number of hydrogen-bond acceptors (Lipinski definition) is 3. The van der Waals surface area contributed by atoms with Crippen LogP contribution in [-0.2, 0) is 0 Å². The molecule has 0 amide bonds. The summed E-state index contributed by atoms with van der Waals surface area (Å²) in [6.07, 6.45) is 6.63. The number of hydrogen-bond donors (Lipinski definition) is 1. The Kier molecular flexibility index (Phi) is 5.47. The summed E-state index contributed by atoms with van der Waals surface area (Å²) in [5.74, 6) is 0. The van der Waals surface area contributed by atoms with Crippen molar-refractivity contribution in [2.75, 3.05) is 6.54 Å². The SMILES string of the molecule is CC[C@@H]1CCCCN1C(=S)N/N=C(/C)c1ccccn1. The number of rotatable bonds is 3. The number of nitrogens with zero attached hydrogens (tertiary/aromatic N) is 3. The Balaban J connectivity index is 1.97. The van der Waals surface area contributed by atoms with Crippen molar-refractivity contribution in [3.8, 4) is 0 Å². The first kappa shape index (κ1) is 14.9. The Labute approximate surface area is 126 Å². The largest absolute Gasteiger partial charge is 0.345 e. The molecule has 1 atom stereocenters. The van der Waals surface area contributed by atoms with E-state index < -0.39 is 0 Å². The van der Waals surface area contributed by atoms with Crippen molar-refractivity contribution in [1.82, 2.24) is 15.3 Å². The van der Waals surface area contributed by atoms with E-state index in [9.17, 15) is 0 Å². The van der Waals surface area contributed by atoms with E-state index in [4.69, 9.17) is 12.2 Å². The van der Waals surface area contributed by atoms with Crippen LogP contribution >= 0.6 is 12.2 Å². The molecule has 4 nitrogen and oxygen atoms in total. The average molecular weight is 290 g/mol. The minimum Gasteiger partial charge on any atom is -0.345 e. The summed E-state index contributed by atoms with van der Waals surface area (Å²) >= 11 is 5.47. The fraction of sp³-hybridized carbons (Fsp3) is 0.533. The van der Waals surface area contributed by atoms with Gasteiger partial charge in [-0.1, -0.05) is 13.0 Å². The van der Waals surface area contributed by atoms with E-state index in [0.717, 1.165) is 29.5 Å². The van der Waals surface area contributed by atoms with Crippen LogP contribution in [0.5, 0.6) is 0 Å². The van der Waals surface area contributed by atoms with E-state index in [0.29, 0.717) is 6.04 Å². The fourth-order valence-electron chi connectivity index (χ4n) is 2.52. The lowest BCUT2D eigenvalue weighted by Crippen LogP contribution is -2.47. The van der Waals surface area contributed by atoms with Crippen LogP contribution in [0.2, 0.25) is 0 Å². The van der Waals surface area contributed by atoms with Crippen LogP contribution in [0.4, 0.5) is 0 Å². The Hall–Kier alpha value is -1.49. The van der Waals surface area contributed by atoms with Gasteiger partial charge >= 0.3 is 0 Å². The normalized spacial score (nSPS) is 19.8. The van der Waals surface area contributed by atoms with Crippen LogP contribution in [0, 0.1) is 0 Å². The smallest absolute Gasteiger partial charge is 0.189 e. The monoisotopic (exact) mass is 290 g/mol. The maximum atomic E-state index is 5.47. The second-order valence-corrected chi connectivity index (χ2v) is 5.47. The summed E-state index contributed by atoms with van der Waals surface area (Å²) in [6.45, 7) is 5.18. The number of nitrogens with one attached hydrogen (secondary N) is 1. The lowest BCUT2D eigenvalue weighted by Gasteiger charge is -2.36. The zero-order valence-electron chi connectivity index (χ0n) is 12.2. The molecule has 2 heterocycles. The van der Waals surface area contributed by atoms with Crippen LogP contribution in [0.1, 0.15) is 45.2 Å². The molecule has 0 bridgehead atoms. The van der Waals surface area contributed by atoms with Crippen LogP contribution in [0.25, 0.3) is 0 Å². The molecule has 0 aliphatic carbocycles. The van der Waals surface area contributed by atoms with Gasteiger partial charge in [0.25, 0.3) is 0 Å². The van der Waals surface area contributed by atoms with Gasteiger partial charge in [0.1, 0.15) is 0 Å². The second kappa shape index (κ2) is 7.33. The third-order valence-corrected chi connectivity index (χ3v) is 4.04. The summed E-state index contributed by atoms with van der Waals surface area (Å²) < 4.78 is 0. The van der Waals surface area contributed by atoms with E-state index in [1.165, 1.54) is 19.3 Å². The number of piperidine rings is 1. The van der Waals surface area contributed by atoms with E-state index in [1.807, 2.05) is 25.1 Å². The number of hydrazone groups is 1. The second-order valence-electron chi connectivity index (χ2n) is 5.08. The molecule has 108 valence electrons. The highest BCUT2D eigenvalue weighted by Gasteiger charge is 2.22. The van der Waals surface area contributed by atoms with Gasteiger partial charge in [-0.25, -0.2) is 0 Å². The average Bonchev–Trinajstić information content (AvgIpc) is 2.53. The standard InChI is InChI=1S/C15H22N4S/c1-3-13-8-5-7-11-19(13)15(20)18-17-12(2)14-9-4-6-10-16-14/h4,6,9-10,13H,3,5,7-8,11H2,1-2H3,(H,18,20)/b17-12-/t13-/m1/s1. The molecule has 2 rings (SSSR count). The van der Waals surface area contributed by atoms with E-state index >= 15 is 0 Å². The van der Waals surface area contributed by atoms with Crippen molar-refractivity contribution < 1.29 is 0 Å². The number of pyridine rings is 1. The van der Waals surface area contributed by atoms with Crippen molar-refractivity contribution >= 4 is 23.0 Å². The van der Waals surface area contributed by atoms with Gasteiger partial charge in [0.05, 0.1) is 11.4 Å². The summed E-state index contributed by atoms with van der Waals surface area (Å²) in [6, 6.07) is 6.35. The third-order valence-electron chi connectivity index (χ3n) is 3.71. The molecule has 1 aliphatic rings. The Morgan fingerprint density at radius 3 is 3.05 bits per heavy atom. The van der Waals surface area contributed by atoms with Crippen molar-refractivity contribution in [3.05, 3.63) is 30.1 Å². The molecule has 1 fully saturated rings. The van der Waals surface area contributed by atoms with Gasteiger partial charge in [-0.15, -0.1) is 0 Å². The van der Waals surface area contributed by atoms with Gasteiger partial charge in [-0.2, -0.15) is 5.10 Å². The molecular weight excluding hydrogens is 268 g/mol. The number of aromatic nitrogens is 1. The van der Waals surface area contributed by atoms with Gasteiger partial charge in [-0.05, 0) is 57.0 Å².